The van der Waals surface area contributed by atoms with Gasteiger partial charge in [0.1, 0.15) is 6.61 Å². The fourth-order valence-corrected chi connectivity index (χ4v) is 2.03. The number of alkyl halides is 2. The Balaban J connectivity index is 1.78. The van der Waals surface area contributed by atoms with Crippen LogP contribution in [-0.2, 0) is 6.42 Å². The first-order valence-electron chi connectivity index (χ1n) is 5.39. The van der Waals surface area contributed by atoms with Crippen LogP contribution in [0.15, 0.2) is 24.3 Å². The molecule has 1 atom stereocenters. The number of hydrogen-bond acceptors (Lipinski definition) is 2. The van der Waals surface area contributed by atoms with Crippen LogP contribution in [0.3, 0.4) is 0 Å². The molecule has 1 aliphatic rings. The van der Waals surface area contributed by atoms with E-state index >= 15 is 0 Å². The molecule has 0 fully saturated rings. The van der Waals surface area contributed by atoms with Gasteiger partial charge >= 0.3 is 0 Å². The van der Waals surface area contributed by atoms with Crippen molar-refractivity contribution in [2.45, 2.75) is 18.3 Å². The SMILES string of the molecule is OCC(F)(F)CNCC1Cc2ccccc21. The second-order valence-electron chi connectivity index (χ2n) is 4.24. The van der Waals surface area contributed by atoms with Gasteiger partial charge in [0.2, 0.25) is 0 Å². The van der Waals surface area contributed by atoms with Crippen LogP contribution in [0.5, 0.6) is 0 Å². The second kappa shape index (κ2) is 4.47. The molecule has 1 aliphatic carbocycles. The standard InChI is InChI=1S/C12H15F2NO/c13-12(14,8-16)7-15-6-10-5-9-3-1-2-4-11(9)10/h1-4,10,15-16H,5-8H2. The number of nitrogens with one attached hydrogen (secondary N) is 1. The Labute approximate surface area is 93.3 Å². The van der Waals surface area contributed by atoms with Crippen LogP contribution in [0.1, 0.15) is 17.0 Å². The quantitative estimate of drug-likeness (QED) is 0.799. The largest absolute Gasteiger partial charge is 0.390 e. The lowest BCUT2D eigenvalue weighted by Crippen LogP contribution is -2.39. The van der Waals surface area contributed by atoms with Crippen molar-refractivity contribution in [3.8, 4) is 0 Å². The van der Waals surface area contributed by atoms with Gasteiger partial charge in [-0.05, 0) is 17.5 Å². The lowest BCUT2D eigenvalue weighted by molar-refractivity contribution is -0.0476. The Morgan fingerprint density at radius 3 is 2.81 bits per heavy atom. The van der Waals surface area contributed by atoms with Gasteiger partial charge in [-0.3, -0.25) is 0 Å². The smallest absolute Gasteiger partial charge is 0.282 e. The van der Waals surface area contributed by atoms with Gasteiger partial charge in [-0.2, -0.15) is 0 Å². The highest BCUT2D eigenvalue weighted by Gasteiger charge is 2.29. The molecule has 1 aromatic carbocycles. The van der Waals surface area contributed by atoms with E-state index < -0.39 is 19.1 Å². The Morgan fingerprint density at radius 1 is 1.38 bits per heavy atom. The van der Waals surface area contributed by atoms with Gasteiger partial charge in [0, 0.05) is 12.5 Å². The number of rotatable bonds is 5. The average Bonchev–Trinajstić information content (AvgIpc) is 2.25. The fourth-order valence-electron chi connectivity index (χ4n) is 2.03. The normalized spacial score (nSPS) is 19.1. The zero-order valence-corrected chi connectivity index (χ0v) is 8.92. The number of aliphatic hydroxyl groups is 1. The summed E-state index contributed by atoms with van der Waals surface area (Å²) < 4.78 is 25.4. The van der Waals surface area contributed by atoms with Gasteiger partial charge < -0.3 is 10.4 Å². The van der Waals surface area contributed by atoms with Gasteiger partial charge in [-0.25, -0.2) is 8.78 Å². The Kier molecular flexibility index (Phi) is 3.21. The van der Waals surface area contributed by atoms with Crippen molar-refractivity contribution in [3.05, 3.63) is 35.4 Å². The van der Waals surface area contributed by atoms with E-state index in [-0.39, 0.29) is 0 Å². The number of benzene rings is 1. The Bertz CT molecular complexity index is 368. The molecule has 1 aromatic rings. The van der Waals surface area contributed by atoms with E-state index in [2.05, 4.69) is 11.4 Å². The van der Waals surface area contributed by atoms with Crippen LogP contribution in [-0.4, -0.2) is 30.7 Å². The molecule has 4 heteroatoms. The lowest BCUT2D eigenvalue weighted by Gasteiger charge is -2.30. The molecule has 0 saturated carbocycles. The molecule has 0 aromatic heterocycles. The Hall–Kier alpha value is -1.00. The van der Waals surface area contributed by atoms with E-state index in [9.17, 15) is 8.78 Å². The molecule has 0 saturated heterocycles. The molecule has 0 bridgehead atoms. The first-order chi connectivity index (χ1) is 7.62. The summed E-state index contributed by atoms with van der Waals surface area (Å²) in [6, 6.07) is 8.05. The van der Waals surface area contributed by atoms with Crippen LogP contribution in [0.2, 0.25) is 0 Å². The molecule has 0 amide bonds. The number of fused-ring (bicyclic) bond motifs is 1. The minimum Gasteiger partial charge on any atom is -0.390 e. The summed E-state index contributed by atoms with van der Waals surface area (Å²) in [7, 11) is 0. The summed E-state index contributed by atoms with van der Waals surface area (Å²) in [5.74, 6) is -2.67. The average molecular weight is 227 g/mol. The minimum absolute atomic E-state index is 0.339. The van der Waals surface area contributed by atoms with Crippen molar-refractivity contribution < 1.29 is 13.9 Å². The highest BCUT2D eigenvalue weighted by molar-refractivity contribution is 5.40. The maximum absolute atomic E-state index is 12.7. The van der Waals surface area contributed by atoms with E-state index in [4.69, 9.17) is 5.11 Å². The predicted molar refractivity (Wildman–Crippen MR) is 57.8 cm³/mol. The van der Waals surface area contributed by atoms with Crippen molar-refractivity contribution in [2.24, 2.45) is 0 Å². The molecule has 16 heavy (non-hydrogen) atoms. The molecule has 0 radical (unpaired) electrons. The van der Waals surface area contributed by atoms with E-state index in [1.165, 1.54) is 11.1 Å². The zero-order chi connectivity index (χ0) is 11.6. The molecule has 2 N–H and O–H groups in total. The Morgan fingerprint density at radius 2 is 2.12 bits per heavy atom. The van der Waals surface area contributed by atoms with Crippen LogP contribution in [0.25, 0.3) is 0 Å². The van der Waals surface area contributed by atoms with Crippen molar-refractivity contribution in [1.29, 1.82) is 0 Å². The number of hydrogen-bond donors (Lipinski definition) is 2. The van der Waals surface area contributed by atoms with Crippen molar-refractivity contribution >= 4 is 0 Å². The number of aliphatic hydroxyl groups excluding tert-OH is 1. The van der Waals surface area contributed by atoms with E-state index in [0.29, 0.717) is 12.5 Å². The lowest BCUT2D eigenvalue weighted by atomic mass is 9.77. The van der Waals surface area contributed by atoms with Gasteiger partial charge in [-0.15, -0.1) is 0 Å². The van der Waals surface area contributed by atoms with Crippen molar-refractivity contribution in [1.82, 2.24) is 5.32 Å². The molecule has 2 nitrogen and oxygen atoms in total. The van der Waals surface area contributed by atoms with Crippen LogP contribution in [0.4, 0.5) is 8.78 Å². The number of halogens is 2. The molecule has 0 aliphatic heterocycles. The third kappa shape index (κ3) is 2.39. The van der Waals surface area contributed by atoms with E-state index in [1.54, 1.807) is 0 Å². The summed E-state index contributed by atoms with van der Waals surface area (Å²) in [5, 5.41) is 11.1. The third-order valence-electron chi connectivity index (χ3n) is 2.97. The third-order valence-corrected chi connectivity index (χ3v) is 2.97. The monoisotopic (exact) mass is 227 g/mol. The van der Waals surface area contributed by atoms with Gasteiger partial charge in [0.25, 0.3) is 5.92 Å². The molecule has 0 heterocycles. The summed E-state index contributed by atoms with van der Waals surface area (Å²) in [5.41, 5.74) is 2.56. The molecule has 0 spiro atoms. The van der Waals surface area contributed by atoms with E-state index in [0.717, 1.165) is 6.42 Å². The topological polar surface area (TPSA) is 32.3 Å². The molecule has 88 valence electrons. The van der Waals surface area contributed by atoms with E-state index in [1.807, 2.05) is 18.2 Å². The van der Waals surface area contributed by atoms with Gasteiger partial charge in [0.15, 0.2) is 0 Å². The molecular formula is C12H15F2NO. The molecule has 1 unspecified atom stereocenters. The second-order valence-corrected chi connectivity index (χ2v) is 4.24. The highest BCUT2D eigenvalue weighted by Crippen LogP contribution is 2.34. The molecule has 2 rings (SSSR count). The van der Waals surface area contributed by atoms with Crippen molar-refractivity contribution in [2.75, 3.05) is 19.7 Å². The summed E-state index contributed by atoms with van der Waals surface area (Å²) in [4.78, 5) is 0. The first kappa shape index (κ1) is 11.5. The van der Waals surface area contributed by atoms with Gasteiger partial charge in [0.05, 0.1) is 6.54 Å². The maximum atomic E-state index is 12.7. The highest BCUT2D eigenvalue weighted by atomic mass is 19.3. The zero-order valence-electron chi connectivity index (χ0n) is 8.92. The van der Waals surface area contributed by atoms with Crippen LogP contribution >= 0.6 is 0 Å². The van der Waals surface area contributed by atoms with Crippen molar-refractivity contribution in [3.63, 3.8) is 0 Å². The summed E-state index contributed by atoms with van der Waals surface area (Å²) in [6.45, 7) is -1.00. The predicted octanol–water partition coefficient (Wildman–Crippen LogP) is 1.54. The molecular weight excluding hydrogens is 212 g/mol. The summed E-state index contributed by atoms with van der Waals surface area (Å²) >= 11 is 0. The van der Waals surface area contributed by atoms with Crippen LogP contribution < -0.4 is 5.32 Å². The minimum atomic E-state index is -3.01. The first-order valence-corrected chi connectivity index (χ1v) is 5.39. The fraction of sp³-hybridized carbons (Fsp3) is 0.500. The maximum Gasteiger partial charge on any atom is 0.282 e. The van der Waals surface area contributed by atoms with Gasteiger partial charge in [-0.1, -0.05) is 24.3 Å². The summed E-state index contributed by atoms with van der Waals surface area (Å²) in [6.07, 6.45) is 0.952. The van der Waals surface area contributed by atoms with Crippen LogP contribution in [0, 0.1) is 0 Å².